The van der Waals surface area contributed by atoms with Gasteiger partial charge in [0.25, 0.3) is 5.91 Å². The molecule has 3 aromatic rings. The number of amides is 1. The zero-order chi connectivity index (χ0) is 16.4. The molecular formula is C19H20N2O2. The number of aryl methyl sites for hydroxylation is 1. The normalized spacial score (nSPS) is 11.1. The lowest BCUT2D eigenvalue weighted by atomic mass is 10.1. The van der Waals surface area contributed by atoms with Gasteiger partial charge in [-0.3, -0.25) is 4.79 Å². The van der Waals surface area contributed by atoms with E-state index in [2.05, 4.69) is 4.98 Å². The fraction of sp³-hybridized carbons (Fsp3) is 0.263. The van der Waals surface area contributed by atoms with Crippen molar-refractivity contribution in [3.63, 3.8) is 0 Å². The van der Waals surface area contributed by atoms with Gasteiger partial charge in [-0.05, 0) is 37.6 Å². The number of hydrogen-bond donors (Lipinski definition) is 0. The zero-order valence-electron chi connectivity index (χ0n) is 13.6. The predicted octanol–water partition coefficient (Wildman–Crippen LogP) is 4.19. The number of fused-ring (bicyclic) bond motifs is 1. The van der Waals surface area contributed by atoms with Crippen LogP contribution in [0.5, 0.6) is 0 Å². The largest absolute Gasteiger partial charge is 0.441 e. The van der Waals surface area contributed by atoms with E-state index >= 15 is 0 Å². The fourth-order valence-electron chi connectivity index (χ4n) is 2.61. The summed E-state index contributed by atoms with van der Waals surface area (Å²) in [7, 11) is 0. The van der Waals surface area contributed by atoms with Gasteiger partial charge in [-0.15, -0.1) is 0 Å². The first-order chi connectivity index (χ1) is 11.0. The van der Waals surface area contributed by atoms with Crippen molar-refractivity contribution in [1.29, 1.82) is 0 Å². The van der Waals surface area contributed by atoms with Crippen LogP contribution in [0.2, 0.25) is 0 Å². The van der Waals surface area contributed by atoms with Crippen LogP contribution in [-0.4, -0.2) is 21.8 Å². The molecule has 4 heteroatoms. The molecule has 0 saturated heterocycles. The van der Waals surface area contributed by atoms with Crippen molar-refractivity contribution in [1.82, 2.24) is 9.88 Å². The Morgan fingerprint density at radius 1 is 1.17 bits per heavy atom. The molecule has 118 valence electrons. The molecule has 1 aromatic heterocycles. The highest BCUT2D eigenvalue weighted by molar-refractivity contribution is 5.97. The minimum Gasteiger partial charge on any atom is -0.441 e. The first kappa shape index (κ1) is 15.3. The highest BCUT2D eigenvalue weighted by Gasteiger charge is 2.20. The van der Waals surface area contributed by atoms with E-state index < -0.39 is 0 Å². The molecule has 0 radical (unpaired) electrons. The molecule has 0 aliphatic carbocycles. The van der Waals surface area contributed by atoms with Crippen molar-refractivity contribution in [2.24, 2.45) is 0 Å². The summed E-state index contributed by atoms with van der Waals surface area (Å²) in [5.41, 5.74) is 3.18. The van der Waals surface area contributed by atoms with Crippen LogP contribution in [0, 0.1) is 6.92 Å². The topological polar surface area (TPSA) is 46.3 Å². The summed E-state index contributed by atoms with van der Waals surface area (Å²) in [6, 6.07) is 15.5. The van der Waals surface area contributed by atoms with Gasteiger partial charge in [-0.2, -0.15) is 0 Å². The Morgan fingerprint density at radius 2 is 1.91 bits per heavy atom. The third-order valence-electron chi connectivity index (χ3n) is 3.82. The molecule has 0 aliphatic heterocycles. The van der Waals surface area contributed by atoms with Crippen LogP contribution < -0.4 is 0 Å². The van der Waals surface area contributed by atoms with Gasteiger partial charge in [0.15, 0.2) is 11.5 Å². The monoisotopic (exact) mass is 308 g/mol. The maximum Gasteiger partial charge on any atom is 0.254 e. The molecule has 0 N–H and O–H groups in total. The summed E-state index contributed by atoms with van der Waals surface area (Å²) in [6.45, 7) is 6.45. The zero-order valence-corrected chi connectivity index (χ0v) is 13.6. The molecule has 0 saturated carbocycles. The molecule has 3 rings (SSSR count). The van der Waals surface area contributed by atoms with Gasteiger partial charge in [-0.25, -0.2) is 4.98 Å². The molecule has 0 unspecified atom stereocenters. The van der Waals surface area contributed by atoms with E-state index in [9.17, 15) is 4.79 Å². The molecule has 0 aliphatic rings. The number of hydrogen-bond acceptors (Lipinski definition) is 3. The first-order valence-corrected chi connectivity index (χ1v) is 7.76. The Labute approximate surface area is 135 Å². The third-order valence-corrected chi connectivity index (χ3v) is 3.82. The van der Waals surface area contributed by atoms with Crippen LogP contribution in [0.15, 0.2) is 52.9 Å². The highest BCUT2D eigenvalue weighted by Crippen LogP contribution is 2.19. The maximum atomic E-state index is 12.9. The van der Waals surface area contributed by atoms with Crippen molar-refractivity contribution < 1.29 is 9.21 Å². The number of benzene rings is 2. The van der Waals surface area contributed by atoms with Crippen LogP contribution in [0.3, 0.4) is 0 Å². The number of oxazole rings is 1. The van der Waals surface area contributed by atoms with Crippen LogP contribution in [0.1, 0.15) is 35.7 Å². The molecule has 0 atom stereocenters. The Balaban J connectivity index is 1.90. The summed E-state index contributed by atoms with van der Waals surface area (Å²) in [6.07, 6.45) is 0. The first-order valence-electron chi connectivity index (χ1n) is 7.76. The molecule has 23 heavy (non-hydrogen) atoms. The quantitative estimate of drug-likeness (QED) is 0.726. The smallest absolute Gasteiger partial charge is 0.254 e. The summed E-state index contributed by atoms with van der Waals surface area (Å²) in [5.74, 6) is 0.612. The fourth-order valence-corrected chi connectivity index (χ4v) is 2.61. The van der Waals surface area contributed by atoms with Gasteiger partial charge in [-0.1, -0.05) is 30.3 Å². The summed E-state index contributed by atoms with van der Waals surface area (Å²) in [5, 5.41) is 0. The van der Waals surface area contributed by atoms with E-state index in [4.69, 9.17) is 4.42 Å². The average molecular weight is 308 g/mol. The van der Waals surface area contributed by atoms with Gasteiger partial charge < -0.3 is 9.32 Å². The van der Waals surface area contributed by atoms with Gasteiger partial charge in [0.05, 0.1) is 0 Å². The number of carbonyl (C=O) groups excluding carboxylic acids is 1. The molecular weight excluding hydrogens is 288 g/mol. The van der Waals surface area contributed by atoms with Gasteiger partial charge in [0.2, 0.25) is 0 Å². The molecule has 1 amide bonds. The molecule has 0 bridgehead atoms. The van der Waals surface area contributed by atoms with Crippen molar-refractivity contribution >= 4 is 17.0 Å². The van der Waals surface area contributed by atoms with E-state index in [1.165, 1.54) is 0 Å². The van der Waals surface area contributed by atoms with Crippen LogP contribution >= 0.6 is 0 Å². The van der Waals surface area contributed by atoms with Crippen molar-refractivity contribution in [3.05, 3.63) is 65.5 Å². The third kappa shape index (κ3) is 3.26. The second-order valence-corrected chi connectivity index (χ2v) is 5.93. The SMILES string of the molecule is Cc1nc2cc(C(=O)N(Cc3ccccc3)C(C)C)ccc2o1. The van der Waals surface area contributed by atoms with E-state index in [0.29, 0.717) is 23.6 Å². The van der Waals surface area contributed by atoms with Crippen molar-refractivity contribution in [2.45, 2.75) is 33.4 Å². The number of aromatic nitrogens is 1. The predicted molar refractivity (Wildman–Crippen MR) is 90.2 cm³/mol. The molecule has 1 heterocycles. The van der Waals surface area contributed by atoms with E-state index in [1.807, 2.05) is 55.1 Å². The Bertz CT molecular complexity index is 822. The lowest BCUT2D eigenvalue weighted by Gasteiger charge is -2.27. The van der Waals surface area contributed by atoms with Crippen molar-refractivity contribution in [2.75, 3.05) is 0 Å². The lowest BCUT2D eigenvalue weighted by Crippen LogP contribution is -2.36. The van der Waals surface area contributed by atoms with E-state index in [1.54, 1.807) is 19.1 Å². The Morgan fingerprint density at radius 3 is 2.61 bits per heavy atom. The number of carbonyl (C=O) groups is 1. The van der Waals surface area contributed by atoms with Crippen LogP contribution in [-0.2, 0) is 6.54 Å². The van der Waals surface area contributed by atoms with Gasteiger partial charge >= 0.3 is 0 Å². The second-order valence-electron chi connectivity index (χ2n) is 5.93. The van der Waals surface area contributed by atoms with Crippen LogP contribution in [0.25, 0.3) is 11.1 Å². The lowest BCUT2D eigenvalue weighted by molar-refractivity contribution is 0.0690. The number of nitrogens with zero attached hydrogens (tertiary/aromatic N) is 2. The molecule has 0 spiro atoms. The molecule has 4 nitrogen and oxygen atoms in total. The minimum atomic E-state index is 0.00593. The Kier molecular flexibility index (Phi) is 4.15. The Hall–Kier alpha value is -2.62. The molecule has 2 aromatic carbocycles. The maximum absolute atomic E-state index is 12.9. The average Bonchev–Trinajstić information content (AvgIpc) is 2.91. The summed E-state index contributed by atoms with van der Waals surface area (Å²) in [4.78, 5) is 19.1. The van der Waals surface area contributed by atoms with Crippen LogP contribution in [0.4, 0.5) is 0 Å². The van der Waals surface area contributed by atoms with E-state index in [-0.39, 0.29) is 11.9 Å². The summed E-state index contributed by atoms with van der Waals surface area (Å²) >= 11 is 0. The molecule has 0 fully saturated rings. The minimum absolute atomic E-state index is 0.00593. The highest BCUT2D eigenvalue weighted by atomic mass is 16.3. The van der Waals surface area contributed by atoms with Crippen molar-refractivity contribution in [3.8, 4) is 0 Å². The standard InChI is InChI=1S/C19H20N2O2/c1-13(2)21(12-15-7-5-4-6-8-15)19(22)16-9-10-18-17(11-16)20-14(3)23-18/h4-11,13H,12H2,1-3H3. The van der Waals surface area contributed by atoms with Gasteiger partial charge in [0.1, 0.15) is 5.52 Å². The summed E-state index contributed by atoms with van der Waals surface area (Å²) < 4.78 is 5.47. The number of rotatable bonds is 4. The second kappa shape index (κ2) is 6.24. The van der Waals surface area contributed by atoms with Gasteiger partial charge in [0, 0.05) is 25.1 Å². The van der Waals surface area contributed by atoms with E-state index in [0.717, 1.165) is 11.1 Å².